The molecule has 210 valence electrons. The van der Waals surface area contributed by atoms with Crippen LogP contribution in [0.1, 0.15) is 28.3 Å². The lowest BCUT2D eigenvalue weighted by Crippen LogP contribution is -2.31. The Balaban J connectivity index is 1.84. The van der Waals surface area contributed by atoms with Crippen LogP contribution in [0.3, 0.4) is 0 Å². The molecule has 0 saturated carbocycles. The van der Waals surface area contributed by atoms with Gasteiger partial charge in [0.05, 0.1) is 50.6 Å². The molecule has 1 amide bonds. The molecule has 10 heteroatoms. The van der Waals surface area contributed by atoms with Crippen LogP contribution >= 0.6 is 23.2 Å². The predicted molar refractivity (Wildman–Crippen MR) is 153 cm³/mol. The number of Topliss-reactive ketones (excluding diaryl/α,β-unsaturated/α-hetero) is 1. The fourth-order valence-electron chi connectivity index (χ4n) is 4.87. The first kappa shape index (κ1) is 29.1. The first-order valence-corrected chi connectivity index (χ1v) is 13.1. The quantitative estimate of drug-likeness (QED) is 0.187. The molecule has 1 heterocycles. The van der Waals surface area contributed by atoms with Crippen molar-refractivity contribution >= 4 is 40.7 Å². The van der Waals surface area contributed by atoms with E-state index in [0.29, 0.717) is 23.5 Å². The van der Waals surface area contributed by atoms with Crippen molar-refractivity contribution in [3.05, 3.63) is 86.4 Å². The minimum absolute atomic E-state index is 0.0221. The standard InChI is InChI=1S/C30H29Cl2NO7/c1-16-7-6-8-18(13-16)25-23(26(34)19-15-20(31)29(40-5)24(32)28(19)39-4)27(35)30(36)33(25)12-11-17-9-10-21(37-2)22(14-17)38-3/h6-10,13-15,25,34H,11-12H2,1-5H3/b26-23+. The maximum Gasteiger partial charge on any atom is 0.295 e. The SMILES string of the molecule is COc1ccc(CCN2C(=O)C(=O)/C(=C(/O)c3cc(Cl)c(OC)c(Cl)c3OC)C2c2cccc(C)c2)cc1OC. The van der Waals surface area contributed by atoms with E-state index in [0.717, 1.165) is 11.1 Å². The van der Waals surface area contributed by atoms with Gasteiger partial charge in [-0.05, 0) is 42.7 Å². The maximum absolute atomic E-state index is 13.5. The third kappa shape index (κ3) is 5.29. The molecule has 40 heavy (non-hydrogen) atoms. The average molecular weight is 586 g/mol. The first-order valence-electron chi connectivity index (χ1n) is 12.3. The summed E-state index contributed by atoms with van der Waals surface area (Å²) in [5.41, 5.74) is 2.43. The molecule has 0 radical (unpaired) electrons. The number of aryl methyl sites for hydroxylation is 1. The van der Waals surface area contributed by atoms with Crippen LogP contribution in [0.25, 0.3) is 5.76 Å². The van der Waals surface area contributed by atoms with E-state index in [-0.39, 0.29) is 39.2 Å². The van der Waals surface area contributed by atoms with Gasteiger partial charge in [-0.3, -0.25) is 9.59 Å². The van der Waals surface area contributed by atoms with Gasteiger partial charge in [-0.25, -0.2) is 0 Å². The van der Waals surface area contributed by atoms with Crippen molar-refractivity contribution in [3.63, 3.8) is 0 Å². The van der Waals surface area contributed by atoms with Crippen molar-refractivity contribution < 1.29 is 33.6 Å². The van der Waals surface area contributed by atoms with E-state index in [1.54, 1.807) is 20.3 Å². The van der Waals surface area contributed by atoms with Crippen LogP contribution in [-0.2, 0) is 16.0 Å². The summed E-state index contributed by atoms with van der Waals surface area (Å²) in [5, 5.41) is 11.7. The van der Waals surface area contributed by atoms with Gasteiger partial charge >= 0.3 is 0 Å². The van der Waals surface area contributed by atoms with Crippen LogP contribution in [0, 0.1) is 6.92 Å². The second-order valence-electron chi connectivity index (χ2n) is 9.13. The van der Waals surface area contributed by atoms with Gasteiger partial charge in [0.1, 0.15) is 10.8 Å². The Morgan fingerprint density at radius 2 is 1.60 bits per heavy atom. The Bertz CT molecular complexity index is 1500. The van der Waals surface area contributed by atoms with E-state index in [1.165, 1.54) is 25.2 Å². The zero-order chi connectivity index (χ0) is 29.1. The molecule has 3 aromatic rings. The summed E-state index contributed by atoms with van der Waals surface area (Å²) in [4.78, 5) is 28.4. The smallest absolute Gasteiger partial charge is 0.295 e. The zero-order valence-corrected chi connectivity index (χ0v) is 24.2. The van der Waals surface area contributed by atoms with Gasteiger partial charge < -0.3 is 29.0 Å². The van der Waals surface area contributed by atoms with Gasteiger partial charge in [-0.15, -0.1) is 0 Å². The Morgan fingerprint density at radius 3 is 2.23 bits per heavy atom. The molecule has 1 atom stereocenters. The zero-order valence-electron chi connectivity index (χ0n) is 22.7. The second kappa shape index (κ2) is 12.1. The third-order valence-corrected chi connectivity index (χ3v) is 7.41. The highest BCUT2D eigenvalue weighted by atomic mass is 35.5. The van der Waals surface area contributed by atoms with Gasteiger partial charge in [0.25, 0.3) is 11.7 Å². The third-order valence-electron chi connectivity index (χ3n) is 6.78. The highest BCUT2D eigenvalue weighted by molar-refractivity contribution is 6.47. The number of carbonyl (C=O) groups is 2. The Labute approximate surface area is 242 Å². The summed E-state index contributed by atoms with van der Waals surface area (Å²) in [6, 6.07) is 13.4. The van der Waals surface area contributed by atoms with Crippen molar-refractivity contribution in [1.82, 2.24) is 4.90 Å². The molecule has 1 aliphatic rings. The fraction of sp³-hybridized carbons (Fsp3) is 0.267. The number of benzene rings is 3. The van der Waals surface area contributed by atoms with Crippen molar-refractivity contribution in [2.45, 2.75) is 19.4 Å². The van der Waals surface area contributed by atoms with Crippen molar-refractivity contribution in [3.8, 4) is 23.0 Å². The Morgan fingerprint density at radius 1 is 0.900 bits per heavy atom. The van der Waals surface area contributed by atoms with Gasteiger partial charge in [0, 0.05) is 6.54 Å². The highest BCUT2D eigenvalue weighted by Crippen LogP contribution is 2.47. The van der Waals surface area contributed by atoms with Crippen LogP contribution in [-0.4, -0.2) is 56.7 Å². The van der Waals surface area contributed by atoms with E-state index in [1.807, 2.05) is 43.3 Å². The van der Waals surface area contributed by atoms with Gasteiger partial charge in [-0.1, -0.05) is 59.1 Å². The van der Waals surface area contributed by atoms with E-state index in [4.69, 9.17) is 42.1 Å². The topological polar surface area (TPSA) is 94.5 Å². The number of ether oxygens (including phenoxy) is 4. The molecule has 8 nitrogen and oxygen atoms in total. The minimum atomic E-state index is -0.871. The van der Waals surface area contributed by atoms with Crippen LogP contribution in [0.5, 0.6) is 23.0 Å². The lowest BCUT2D eigenvalue weighted by atomic mass is 9.94. The normalized spacial score (nSPS) is 16.3. The maximum atomic E-state index is 13.5. The lowest BCUT2D eigenvalue weighted by Gasteiger charge is -2.26. The number of hydrogen-bond donors (Lipinski definition) is 1. The summed E-state index contributed by atoms with van der Waals surface area (Å²) in [7, 11) is 5.86. The number of rotatable bonds is 9. The number of methoxy groups -OCH3 is 4. The Kier molecular flexibility index (Phi) is 8.81. The Hall–Kier alpha value is -3.88. The molecule has 1 aliphatic heterocycles. The summed E-state index contributed by atoms with van der Waals surface area (Å²) in [6.07, 6.45) is 0.416. The van der Waals surface area contributed by atoms with Crippen LogP contribution < -0.4 is 18.9 Å². The van der Waals surface area contributed by atoms with Crippen LogP contribution in [0.4, 0.5) is 0 Å². The van der Waals surface area contributed by atoms with Gasteiger partial charge in [-0.2, -0.15) is 0 Å². The summed E-state index contributed by atoms with van der Waals surface area (Å²) < 4.78 is 21.4. The van der Waals surface area contributed by atoms with E-state index < -0.39 is 23.5 Å². The number of carbonyl (C=O) groups excluding carboxylic acids is 2. The largest absolute Gasteiger partial charge is 0.507 e. The molecule has 4 rings (SSSR count). The first-order chi connectivity index (χ1) is 19.2. The monoisotopic (exact) mass is 585 g/mol. The fourth-order valence-corrected chi connectivity index (χ4v) is 5.56. The van der Waals surface area contributed by atoms with Crippen molar-refractivity contribution in [2.24, 2.45) is 0 Å². The number of amides is 1. The molecule has 0 bridgehead atoms. The molecule has 1 N–H and O–H groups in total. The van der Waals surface area contributed by atoms with Crippen LogP contribution in [0.15, 0.2) is 54.1 Å². The van der Waals surface area contributed by atoms with E-state index in [2.05, 4.69) is 0 Å². The second-order valence-corrected chi connectivity index (χ2v) is 9.92. The van der Waals surface area contributed by atoms with Crippen molar-refractivity contribution in [1.29, 1.82) is 0 Å². The number of halogens is 2. The molecule has 1 unspecified atom stereocenters. The number of aliphatic hydroxyl groups excluding tert-OH is 1. The molecule has 1 fully saturated rings. The summed E-state index contributed by atoms with van der Waals surface area (Å²) >= 11 is 12.8. The average Bonchev–Trinajstić information content (AvgIpc) is 3.20. The predicted octanol–water partition coefficient (Wildman–Crippen LogP) is 6.00. The summed E-state index contributed by atoms with van der Waals surface area (Å²) in [6.45, 7) is 2.10. The van der Waals surface area contributed by atoms with E-state index in [9.17, 15) is 14.7 Å². The molecular formula is C30H29Cl2NO7. The van der Waals surface area contributed by atoms with E-state index >= 15 is 0 Å². The lowest BCUT2D eigenvalue weighted by molar-refractivity contribution is -0.139. The van der Waals surface area contributed by atoms with Crippen LogP contribution in [0.2, 0.25) is 10.0 Å². The molecule has 1 saturated heterocycles. The number of ketones is 1. The molecule has 0 spiro atoms. The number of nitrogens with zero attached hydrogens (tertiary/aromatic N) is 1. The van der Waals surface area contributed by atoms with Gasteiger partial charge in [0.2, 0.25) is 0 Å². The molecule has 0 aliphatic carbocycles. The number of aliphatic hydroxyl groups is 1. The summed E-state index contributed by atoms with van der Waals surface area (Å²) in [5.74, 6) is -0.682. The molecule has 0 aromatic heterocycles. The minimum Gasteiger partial charge on any atom is -0.507 e. The number of likely N-dealkylation sites (tertiary alicyclic amines) is 1. The molecular weight excluding hydrogens is 557 g/mol. The van der Waals surface area contributed by atoms with Gasteiger partial charge in [0.15, 0.2) is 23.0 Å². The van der Waals surface area contributed by atoms with Crippen molar-refractivity contribution in [2.75, 3.05) is 35.0 Å². The number of hydrogen-bond acceptors (Lipinski definition) is 7. The highest BCUT2D eigenvalue weighted by Gasteiger charge is 2.46. The molecule has 3 aromatic carbocycles.